The van der Waals surface area contributed by atoms with Crippen LogP contribution < -0.4 is 20.9 Å². The predicted molar refractivity (Wildman–Crippen MR) is 168 cm³/mol. The van der Waals surface area contributed by atoms with Crippen molar-refractivity contribution in [2.45, 2.75) is 32.4 Å². The van der Waals surface area contributed by atoms with Crippen LogP contribution in [0.25, 0.3) is 11.1 Å². The molecule has 3 N–H and O–H groups in total. The van der Waals surface area contributed by atoms with E-state index < -0.39 is 59.7 Å². The number of carbonyl (C=O) groups excluding carboxylic acids is 2. The minimum absolute atomic E-state index is 0. The number of H-pyrrole nitrogens is 1. The summed E-state index contributed by atoms with van der Waals surface area (Å²) in [4.78, 5) is 46.1. The van der Waals surface area contributed by atoms with E-state index in [1.165, 1.54) is 24.4 Å². The van der Waals surface area contributed by atoms with Gasteiger partial charge in [-0.25, -0.2) is 17.6 Å². The van der Waals surface area contributed by atoms with Crippen LogP contribution in [-0.2, 0) is 11.3 Å². The van der Waals surface area contributed by atoms with E-state index in [1.807, 2.05) is 6.26 Å². The van der Waals surface area contributed by atoms with Crippen LogP contribution in [0.3, 0.4) is 0 Å². The number of likely N-dealkylation sites (tertiary alicyclic amines) is 1. The number of alkyl halides is 2. The Kier molecular flexibility index (Phi) is 12.5. The van der Waals surface area contributed by atoms with Crippen molar-refractivity contribution in [3.8, 4) is 17.0 Å². The quantitative estimate of drug-likeness (QED) is 0.193. The molecule has 15 heteroatoms. The van der Waals surface area contributed by atoms with Gasteiger partial charge in [-0.15, -0.1) is 0 Å². The molecule has 0 unspecified atom stereocenters. The molecule has 0 atom stereocenters. The standard InChI is InChI=1S/C28H29F4N5O4S.C2H6O.2H2/c1-15(2)41-23-8-17(24-19(9-18(29)10-21(24)30)27(40)37-13-28(31,32)14-37)7-22(35-23)36-26(39)20-6-16(12-34-25(20)38)11-33-4-5-42-3;1-3-2;;/h6-10,12,15,33H,4-5,11,13-14H2,1-3H3,(H,34,38)(H,35,36,39);1-2H3;2*1H. The molecule has 1 aliphatic rings. The van der Waals surface area contributed by atoms with E-state index in [-0.39, 0.29) is 31.2 Å². The van der Waals surface area contributed by atoms with Gasteiger partial charge in [0.05, 0.1) is 24.8 Å². The monoisotopic (exact) mass is 657 g/mol. The number of methoxy groups -OCH3 is 1. The highest BCUT2D eigenvalue weighted by atomic mass is 32.2. The molecular formula is C30H39F4N5O5S. The Morgan fingerprint density at radius 1 is 1.13 bits per heavy atom. The van der Waals surface area contributed by atoms with Crippen molar-refractivity contribution in [3.05, 3.63) is 75.2 Å². The molecule has 0 aliphatic carbocycles. The first-order valence-electron chi connectivity index (χ1n) is 13.8. The fourth-order valence-electron chi connectivity index (χ4n) is 4.27. The molecule has 0 radical (unpaired) electrons. The predicted octanol–water partition coefficient (Wildman–Crippen LogP) is 5.05. The molecule has 1 fully saturated rings. The van der Waals surface area contributed by atoms with Crippen molar-refractivity contribution in [1.29, 1.82) is 0 Å². The molecule has 2 amide bonds. The summed E-state index contributed by atoms with van der Waals surface area (Å²) in [5, 5.41) is 5.69. The van der Waals surface area contributed by atoms with Crippen LogP contribution in [0.15, 0.2) is 41.3 Å². The zero-order chi connectivity index (χ0) is 33.3. The molecule has 0 saturated carbocycles. The lowest BCUT2D eigenvalue weighted by Gasteiger charge is -2.39. The summed E-state index contributed by atoms with van der Waals surface area (Å²) in [6.45, 7) is 2.75. The van der Waals surface area contributed by atoms with Gasteiger partial charge in [0.25, 0.3) is 23.3 Å². The molecule has 1 saturated heterocycles. The van der Waals surface area contributed by atoms with Crippen LogP contribution in [0.1, 0.15) is 43.0 Å². The number of hydrogen-bond donors (Lipinski definition) is 3. The zero-order valence-electron chi connectivity index (χ0n) is 25.4. The van der Waals surface area contributed by atoms with Gasteiger partial charge in [-0.1, -0.05) is 0 Å². The first-order valence-corrected chi connectivity index (χ1v) is 15.2. The van der Waals surface area contributed by atoms with Crippen LogP contribution >= 0.6 is 11.8 Å². The number of anilines is 1. The number of halogens is 4. The average molecular weight is 658 g/mol. The highest BCUT2D eigenvalue weighted by Crippen LogP contribution is 2.35. The van der Waals surface area contributed by atoms with E-state index in [0.717, 1.165) is 23.3 Å². The minimum atomic E-state index is -3.09. The molecule has 1 aromatic carbocycles. The smallest absolute Gasteiger partial charge is 0.282 e. The molecule has 0 bridgehead atoms. The lowest BCUT2D eigenvalue weighted by atomic mass is 9.97. The summed E-state index contributed by atoms with van der Waals surface area (Å²) < 4.78 is 66.2. The Balaban J connectivity index is 0.00000213. The first-order chi connectivity index (χ1) is 21.3. The summed E-state index contributed by atoms with van der Waals surface area (Å²) in [6.07, 6.45) is 3.06. The van der Waals surface area contributed by atoms with Gasteiger partial charge in [0.2, 0.25) is 5.88 Å². The molecular weight excluding hydrogens is 618 g/mol. The van der Waals surface area contributed by atoms with Crippen molar-refractivity contribution in [1.82, 2.24) is 20.2 Å². The van der Waals surface area contributed by atoms with E-state index in [0.29, 0.717) is 18.2 Å². The van der Waals surface area contributed by atoms with E-state index in [1.54, 1.807) is 39.8 Å². The fraction of sp³-hybridized carbons (Fsp3) is 0.400. The Labute approximate surface area is 264 Å². The van der Waals surface area contributed by atoms with Crippen LogP contribution in [-0.4, -0.2) is 84.6 Å². The van der Waals surface area contributed by atoms with Gasteiger partial charge in [0.1, 0.15) is 23.0 Å². The summed E-state index contributed by atoms with van der Waals surface area (Å²) in [7, 11) is 3.25. The Hall–Kier alpha value is -3.95. The molecule has 0 spiro atoms. The van der Waals surface area contributed by atoms with Crippen molar-refractivity contribution < 1.29 is 39.5 Å². The average Bonchev–Trinajstić information content (AvgIpc) is 2.93. The number of hydrogen-bond acceptors (Lipinski definition) is 8. The number of rotatable bonds is 11. The lowest BCUT2D eigenvalue weighted by molar-refractivity contribution is -0.113. The van der Waals surface area contributed by atoms with E-state index in [4.69, 9.17) is 4.74 Å². The SMILES string of the molecule is COC.CSCCNCc1c[nH]c(=O)c(C(=O)Nc2cc(-c3c(F)cc(F)cc3C(=O)N3CC(F)(F)C3)cc(OC(C)C)n2)c1.[HH].[HH]. The van der Waals surface area contributed by atoms with Gasteiger partial charge in [-0.3, -0.25) is 14.4 Å². The number of nitrogens with one attached hydrogen (secondary N) is 3. The maximum Gasteiger partial charge on any atom is 0.282 e. The molecule has 3 aromatic rings. The van der Waals surface area contributed by atoms with Crippen molar-refractivity contribution in [2.24, 2.45) is 0 Å². The summed E-state index contributed by atoms with van der Waals surface area (Å²) >= 11 is 1.67. The topological polar surface area (TPSA) is 126 Å². The molecule has 10 nitrogen and oxygen atoms in total. The van der Waals surface area contributed by atoms with Gasteiger partial charge in [-0.05, 0) is 49.4 Å². The molecule has 45 heavy (non-hydrogen) atoms. The maximum absolute atomic E-state index is 15.2. The van der Waals surface area contributed by atoms with Gasteiger partial charge in [0.15, 0.2) is 0 Å². The van der Waals surface area contributed by atoms with Crippen LogP contribution in [0.2, 0.25) is 0 Å². The second kappa shape index (κ2) is 15.9. The van der Waals surface area contributed by atoms with Crippen molar-refractivity contribution in [3.63, 3.8) is 0 Å². The highest BCUT2D eigenvalue weighted by molar-refractivity contribution is 7.98. The van der Waals surface area contributed by atoms with E-state index in [9.17, 15) is 27.6 Å². The molecule has 3 heterocycles. The Morgan fingerprint density at radius 2 is 1.82 bits per heavy atom. The Bertz CT molecular complexity index is 1570. The number of ether oxygens (including phenoxy) is 2. The minimum Gasteiger partial charge on any atom is -0.475 e. The number of pyridine rings is 2. The Morgan fingerprint density at radius 3 is 2.44 bits per heavy atom. The van der Waals surface area contributed by atoms with E-state index >= 15 is 4.39 Å². The first kappa shape index (κ1) is 35.5. The number of nitrogens with zero attached hydrogens (tertiary/aromatic N) is 2. The van der Waals surface area contributed by atoms with Gasteiger partial charge >= 0.3 is 0 Å². The zero-order valence-corrected chi connectivity index (χ0v) is 26.2. The number of aromatic nitrogens is 2. The van der Waals surface area contributed by atoms with Crippen LogP contribution in [0, 0.1) is 11.6 Å². The third kappa shape index (κ3) is 9.77. The normalized spacial score (nSPS) is 13.5. The van der Waals surface area contributed by atoms with Crippen molar-refractivity contribution >= 4 is 29.4 Å². The van der Waals surface area contributed by atoms with Crippen LogP contribution in [0.4, 0.5) is 23.4 Å². The third-order valence-corrected chi connectivity index (χ3v) is 6.74. The molecule has 4 rings (SSSR count). The van der Waals surface area contributed by atoms with Crippen molar-refractivity contribution in [2.75, 3.05) is 51.2 Å². The summed E-state index contributed by atoms with van der Waals surface area (Å²) in [6, 6.07) is 5.23. The largest absolute Gasteiger partial charge is 0.475 e. The summed E-state index contributed by atoms with van der Waals surface area (Å²) in [5.41, 5.74) is -1.12. The molecule has 2 aromatic heterocycles. The fourth-order valence-corrected chi connectivity index (χ4v) is 4.62. The van der Waals surface area contributed by atoms with Gasteiger partial charge in [0, 0.05) is 59.8 Å². The number of carbonyl (C=O) groups is 2. The number of benzene rings is 1. The second-order valence-electron chi connectivity index (χ2n) is 10.4. The lowest BCUT2D eigenvalue weighted by Crippen LogP contribution is -2.58. The van der Waals surface area contributed by atoms with E-state index in [2.05, 4.69) is 25.3 Å². The second-order valence-corrected chi connectivity index (χ2v) is 11.3. The third-order valence-electron chi connectivity index (χ3n) is 6.13. The molecule has 248 valence electrons. The number of thioether (sulfide) groups is 1. The maximum atomic E-state index is 15.2. The number of amides is 2. The van der Waals surface area contributed by atoms with Gasteiger partial charge < -0.3 is 30.0 Å². The molecule has 1 aliphatic heterocycles. The van der Waals surface area contributed by atoms with Crippen LogP contribution in [0.5, 0.6) is 5.88 Å². The summed E-state index contributed by atoms with van der Waals surface area (Å²) in [5.74, 6) is -6.46. The number of aromatic amines is 1. The van der Waals surface area contributed by atoms with Gasteiger partial charge in [-0.2, -0.15) is 16.7 Å². The highest BCUT2D eigenvalue weighted by Gasteiger charge is 2.47.